The number of allylic oxidation sites excluding steroid dienone is 16. The van der Waals surface area contributed by atoms with Gasteiger partial charge in [0.1, 0.15) is 19.8 Å². The van der Waals surface area contributed by atoms with Crippen LogP contribution in [0.15, 0.2) is 97.2 Å². The average Bonchev–Trinajstić information content (AvgIpc) is 3.19. The average molecular weight is 847 g/mol. The van der Waals surface area contributed by atoms with E-state index in [1.54, 1.807) is 0 Å². The van der Waals surface area contributed by atoms with Crippen LogP contribution in [0.25, 0.3) is 0 Å². The van der Waals surface area contributed by atoms with Gasteiger partial charge in [0.15, 0.2) is 6.10 Å². The van der Waals surface area contributed by atoms with Crippen molar-refractivity contribution in [2.75, 3.05) is 54.1 Å². The summed E-state index contributed by atoms with van der Waals surface area (Å²) in [6.45, 7) is 2.24. The Kier molecular flexibility index (Phi) is 38.2. The van der Waals surface area contributed by atoms with E-state index in [1.165, 1.54) is 19.3 Å². The number of esters is 2. The molecule has 0 aliphatic carbocycles. The number of aliphatic hydroxyl groups excluding tert-OH is 1. The summed E-state index contributed by atoms with van der Waals surface area (Å²) in [7, 11) is 1.38. The number of likely N-dealkylation sites (N-methyl/N-ethyl adjacent to an activating group) is 1. The van der Waals surface area contributed by atoms with Crippen molar-refractivity contribution in [2.24, 2.45) is 0 Å². The highest BCUT2D eigenvalue weighted by molar-refractivity contribution is 7.47. The molecule has 0 aliphatic heterocycles. The van der Waals surface area contributed by atoms with E-state index < -0.39 is 32.5 Å². The maximum atomic E-state index is 12.7. The largest absolute Gasteiger partial charge is 0.472 e. The fourth-order valence-corrected chi connectivity index (χ4v) is 5.89. The Hall–Kier alpha value is -3.11. The molecule has 336 valence electrons. The van der Waals surface area contributed by atoms with Gasteiger partial charge in [0, 0.05) is 19.4 Å². The topological polar surface area (TPSA) is 129 Å². The van der Waals surface area contributed by atoms with Gasteiger partial charge in [-0.25, -0.2) is 4.57 Å². The van der Waals surface area contributed by atoms with Gasteiger partial charge < -0.3 is 24.0 Å². The highest BCUT2D eigenvalue weighted by atomic mass is 31.2. The molecule has 0 fully saturated rings. The number of nitrogens with zero attached hydrogens (tertiary/aromatic N) is 1. The van der Waals surface area contributed by atoms with Crippen molar-refractivity contribution in [3.63, 3.8) is 0 Å². The van der Waals surface area contributed by atoms with Crippen LogP contribution in [0.1, 0.15) is 135 Å². The first-order valence-electron chi connectivity index (χ1n) is 22.1. The van der Waals surface area contributed by atoms with E-state index in [-0.39, 0.29) is 32.7 Å². The van der Waals surface area contributed by atoms with Gasteiger partial charge in [-0.05, 0) is 96.3 Å². The summed E-state index contributed by atoms with van der Waals surface area (Å²) in [6.07, 6.45) is 50.6. The second-order valence-electron chi connectivity index (χ2n) is 15.4. The van der Waals surface area contributed by atoms with Crippen LogP contribution in [0.4, 0.5) is 0 Å². The molecule has 0 aromatic heterocycles. The van der Waals surface area contributed by atoms with Gasteiger partial charge in [0.2, 0.25) is 0 Å². The molecule has 0 amide bonds. The molecule has 0 spiro atoms. The molecular formula is C48H81NO9P+. The molecular weight excluding hydrogens is 766 g/mol. The van der Waals surface area contributed by atoms with Gasteiger partial charge in [-0.2, -0.15) is 0 Å². The van der Waals surface area contributed by atoms with Crippen molar-refractivity contribution in [3.05, 3.63) is 97.2 Å². The Morgan fingerprint density at radius 1 is 0.559 bits per heavy atom. The van der Waals surface area contributed by atoms with E-state index in [4.69, 9.17) is 23.6 Å². The van der Waals surface area contributed by atoms with Crippen molar-refractivity contribution in [3.8, 4) is 0 Å². The summed E-state index contributed by atoms with van der Waals surface area (Å²) in [5, 5.41) is 8.80. The van der Waals surface area contributed by atoms with Crippen LogP contribution in [-0.4, -0.2) is 86.6 Å². The first-order valence-corrected chi connectivity index (χ1v) is 23.6. The first kappa shape index (κ1) is 55.9. The van der Waals surface area contributed by atoms with E-state index in [2.05, 4.69) is 92.0 Å². The number of hydrogen-bond donors (Lipinski definition) is 2. The number of carbonyl (C=O) groups excluding carboxylic acids is 2. The molecule has 0 radical (unpaired) electrons. The molecule has 0 bridgehead atoms. The molecule has 0 rings (SSSR count). The van der Waals surface area contributed by atoms with Crippen molar-refractivity contribution in [2.45, 2.75) is 141 Å². The van der Waals surface area contributed by atoms with Crippen LogP contribution in [-0.2, 0) is 32.7 Å². The summed E-state index contributed by atoms with van der Waals surface area (Å²) >= 11 is 0. The van der Waals surface area contributed by atoms with Crippen LogP contribution in [0.5, 0.6) is 0 Å². The van der Waals surface area contributed by atoms with E-state index in [0.29, 0.717) is 36.7 Å². The Labute approximate surface area is 358 Å². The fraction of sp³-hybridized carbons (Fsp3) is 0.625. The highest BCUT2D eigenvalue weighted by Gasteiger charge is 2.27. The molecule has 10 nitrogen and oxygen atoms in total. The predicted molar refractivity (Wildman–Crippen MR) is 244 cm³/mol. The third kappa shape index (κ3) is 44.3. The smallest absolute Gasteiger partial charge is 0.462 e. The maximum absolute atomic E-state index is 12.7. The maximum Gasteiger partial charge on any atom is 0.472 e. The molecule has 2 atom stereocenters. The predicted octanol–water partition coefficient (Wildman–Crippen LogP) is 11.5. The number of hydrogen-bond acceptors (Lipinski definition) is 8. The number of carbonyl (C=O) groups is 2. The third-order valence-electron chi connectivity index (χ3n) is 8.64. The minimum absolute atomic E-state index is 0.00287. The summed E-state index contributed by atoms with van der Waals surface area (Å²) in [5.74, 6) is -0.955. The molecule has 1 unspecified atom stereocenters. The molecule has 0 saturated heterocycles. The molecule has 0 aromatic rings. The number of quaternary nitrogens is 1. The fourth-order valence-electron chi connectivity index (χ4n) is 5.15. The molecule has 0 saturated carbocycles. The minimum atomic E-state index is -4.41. The van der Waals surface area contributed by atoms with Crippen molar-refractivity contribution < 1.29 is 47.2 Å². The van der Waals surface area contributed by atoms with E-state index in [0.717, 1.165) is 70.6 Å². The lowest BCUT2D eigenvalue weighted by Crippen LogP contribution is -2.37. The zero-order valence-corrected chi connectivity index (χ0v) is 38.0. The summed E-state index contributed by atoms with van der Waals surface area (Å²) in [4.78, 5) is 35.3. The molecule has 0 aromatic carbocycles. The van der Waals surface area contributed by atoms with Gasteiger partial charge in [0.25, 0.3) is 0 Å². The molecule has 2 N–H and O–H groups in total. The first-order chi connectivity index (χ1) is 28.5. The second kappa shape index (κ2) is 40.3. The SMILES string of the molecule is CCCCC/C=C\C/C=C\C/C=C\C/C=C\CCCC(=O)O[C@H](COC(=O)CCC/C=C\C/C=C\C/C=C\C/C=C\CCCCCO)COP(=O)(O)OCC[N+](C)(C)C. The molecule has 59 heavy (non-hydrogen) atoms. The number of phosphoric ester groups is 1. The number of rotatable bonds is 39. The normalized spacial score (nSPS) is 14.5. The van der Waals surface area contributed by atoms with E-state index >= 15 is 0 Å². The number of aliphatic hydroxyl groups is 1. The van der Waals surface area contributed by atoms with Gasteiger partial charge in [-0.3, -0.25) is 18.6 Å². The lowest BCUT2D eigenvalue weighted by atomic mass is 10.2. The molecule has 0 heterocycles. The standard InChI is InChI=1S/C48H80NO9P/c1-5-6-7-8-9-10-11-12-13-15-19-22-25-28-31-34-37-40-48(52)58-46(45-57-59(53,54)56-43-41-49(2,3)4)44-55-47(51)39-36-33-30-27-24-21-18-16-14-17-20-23-26-29-32-35-38-42-50/h9-10,12-14,17-19,21-23,26-28,30-31,46,50H,5-8,11,15-16,20,24-25,29,32-45H2,1-4H3/p+1/b10-9-,13-12-,17-14-,21-18-,22-19-,26-23-,30-27-,31-28-/t46-/m1/s1. The van der Waals surface area contributed by atoms with Crippen LogP contribution in [0.2, 0.25) is 0 Å². The lowest BCUT2D eigenvalue weighted by molar-refractivity contribution is -0.870. The summed E-state index contributed by atoms with van der Waals surface area (Å²) in [6, 6.07) is 0. The van der Waals surface area contributed by atoms with Crippen LogP contribution >= 0.6 is 7.82 Å². The Bertz CT molecular complexity index is 1320. The van der Waals surface area contributed by atoms with Crippen LogP contribution in [0.3, 0.4) is 0 Å². The number of ether oxygens (including phenoxy) is 2. The van der Waals surface area contributed by atoms with Crippen LogP contribution in [0, 0.1) is 0 Å². The number of unbranched alkanes of at least 4 members (excludes halogenated alkanes) is 8. The van der Waals surface area contributed by atoms with Gasteiger partial charge in [-0.1, -0.05) is 123 Å². The van der Waals surface area contributed by atoms with Gasteiger partial charge >= 0.3 is 19.8 Å². The minimum Gasteiger partial charge on any atom is -0.462 e. The summed E-state index contributed by atoms with van der Waals surface area (Å²) < 4.78 is 34.1. The van der Waals surface area contributed by atoms with Crippen molar-refractivity contribution in [1.29, 1.82) is 0 Å². The van der Waals surface area contributed by atoms with Gasteiger partial charge in [-0.15, -0.1) is 0 Å². The van der Waals surface area contributed by atoms with E-state index in [9.17, 15) is 19.0 Å². The molecule has 11 heteroatoms. The lowest BCUT2D eigenvalue weighted by Gasteiger charge is -2.24. The monoisotopic (exact) mass is 847 g/mol. The number of phosphoric acid groups is 1. The highest BCUT2D eigenvalue weighted by Crippen LogP contribution is 2.43. The second-order valence-corrected chi connectivity index (χ2v) is 16.9. The van der Waals surface area contributed by atoms with Crippen molar-refractivity contribution >= 4 is 19.8 Å². The van der Waals surface area contributed by atoms with Gasteiger partial charge in [0.05, 0.1) is 27.7 Å². The Morgan fingerprint density at radius 2 is 0.983 bits per heavy atom. The zero-order valence-electron chi connectivity index (χ0n) is 37.1. The Balaban J connectivity index is 4.57. The molecule has 0 aliphatic rings. The zero-order chi connectivity index (χ0) is 43.6. The third-order valence-corrected chi connectivity index (χ3v) is 9.63. The summed E-state index contributed by atoms with van der Waals surface area (Å²) in [5.41, 5.74) is 0. The van der Waals surface area contributed by atoms with E-state index in [1.807, 2.05) is 33.3 Å². The van der Waals surface area contributed by atoms with Crippen LogP contribution < -0.4 is 0 Å². The van der Waals surface area contributed by atoms with Crippen molar-refractivity contribution in [1.82, 2.24) is 0 Å². The Morgan fingerprint density at radius 3 is 1.42 bits per heavy atom. The quantitative estimate of drug-likeness (QED) is 0.0204.